The van der Waals surface area contributed by atoms with Gasteiger partial charge < -0.3 is 13.3 Å². The van der Waals surface area contributed by atoms with E-state index in [0.717, 1.165) is 0 Å². The zero-order chi connectivity index (χ0) is 11.1. The van der Waals surface area contributed by atoms with Crippen molar-refractivity contribution < 1.29 is 22.9 Å². The molecule has 0 aromatic carbocycles. The monoisotopic (exact) mass is 218 g/mol. The highest BCUT2D eigenvalue weighted by Crippen LogP contribution is 2.00. The molecule has 0 saturated carbocycles. The van der Waals surface area contributed by atoms with E-state index < -0.39 is 21.5 Å². The minimum Gasteiger partial charge on any atom is -0.467 e. The Hall–Kier alpha value is -1.14. The van der Waals surface area contributed by atoms with Gasteiger partial charge in [-0.1, -0.05) is 6.08 Å². The van der Waals surface area contributed by atoms with Crippen molar-refractivity contribution in [3.05, 3.63) is 12.7 Å². The third-order valence-corrected chi connectivity index (χ3v) is 2.88. The van der Waals surface area contributed by atoms with E-state index in [1.165, 1.54) is 19.9 Å². The zero-order valence-corrected chi connectivity index (χ0v) is 9.64. The highest BCUT2D eigenvalue weighted by Gasteiger charge is 2.24. The molecule has 0 spiro atoms. The molecule has 0 rings (SSSR count). The molecular formula is C8H14O5Si. The summed E-state index contributed by atoms with van der Waals surface area (Å²) in [6.45, 7) is 7.65. The maximum Gasteiger partial charge on any atom is 0.620 e. The standard InChI is InChI=1S/C8H14O5Si/c1-5-6(2)11-14(12-7(3)9)13-8(4)10/h5-6,14H,1H2,2-4H3. The van der Waals surface area contributed by atoms with Gasteiger partial charge in [-0.25, -0.2) is 0 Å². The van der Waals surface area contributed by atoms with Crippen LogP contribution in [-0.4, -0.2) is 27.6 Å². The van der Waals surface area contributed by atoms with Gasteiger partial charge in [-0.15, -0.1) is 6.58 Å². The third kappa shape index (κ3) is 6.38. The average molecular weight is 218 g/mol. The summed E-state index contributed by atoms with van der Waals surface area (Å²) in [5.41, 5.74) is 0. The molecule has 0 aromatic heterocycles. The minimum atomic E-state index is -2.70. The number of hydrogen-bond donors (Lipinski definition) is 0. The van der Waals surface area contributed by atoms with E-state index in [0.29, 0.717) is 0 Å². The van der Waals surface area contributed by atoms with Crippen LogP contribution in [0.1, 0.15) is 20.8 Å². The highest BCUT2D eigenvalue weighted by molar-refractivity contribution is 6.41. The first kappa shape index (κ1) is 12.9. The maximum absolute atomic E-state index is 10.6. The quantitative estimate of drug-likeness (QED) is 0.494. The largest absolute Gasteiger partial charge is 0.620 e. The topological polar surface area (TPSA) is 61.8 Å². The van der Waals surface area contributed by atoms with Crippen LogP contribution in [0.4, 0.5) is 0 Å². The van der Waals surface area contributed by atoms with Gasteiger partial charge in [0.25, 0.3) is 11.9 Å². The Labute approximate surface area is 84.6 Å². The van der Waals surface area contributed by atoms with Crippen molar-refractivity contribution in [1.82, 2.24) is 0 Å². The van der Waals surface area contributed by atoms with E-state index in [2.05, 4.69) is 6.58 Å². The van der Waals surface area contributed by atoms with Crippen LogP contribution in [0.15, 0.2) is 12.7 Å². The van der Waals surface area contributed by atoms with Crippen molar-refractivity contribution in [2.24, 2.45) is 0 Å². The number of rotatable bonds is 5. The second-order valence-corrected chi connectivity index (χ2v) is 3.91. The summed E-state index contributed by atoms with van der Waals surface area (Å²) in [5, 5.41) is 0. The lowest BCUT2D eigenvalue weighted by atomic mass is 10.4. The Kier molecular flexibility index (Phi) is 5.81. The number of carbonyl (C=O) groups is 2. The smallest absolute Gasteiger partial charge is 0.467 e. The van der Waals surface area contributed by atoms with Gasteiger partial charge >= 0.3 is 9.53 Å². The summed E-state index contributed by atoms with van der Waals surface area (Å²) in [4.78, 5) is 21.2. The fourth-order valence-electron chi connectivity index (χ4n) is 0.581. The van der Waals surface area contributed by atoms with Gasteiger partial charge in [0.1, 0.15) is 0 Å². The lowest BCUT2D eigenvalue weighted by Crippen LogP contribution is -2.33. The van der Waals surface area contributed by atoms with Gasteiger partial charge in [0.15, 0.2) is 0 Å². The first-order valence-electron chi connectivity index (χ1n) is 4.08. The average Bonchev–Trinajstić information content (AvgIpc) is 2.01. The molecule has 0 aliphatic rings. The fraction of sp³-hybridized carbons (Fsp3) is 0.500. The normalized spacial score (nSPS) is 12.0. The Morgan fingerprint density at radius 3 is 2.00 bits per heavy atom. The van der Waals surface area contributed by atoms with Crippen LogP contribution in [0.3, 0.4) is 0 Å². The molecule has 0 saturated heterocycles. The van der Waals surface area contributed by atoms with Crippen LogP contribution < -0.4 is 0 Å². The molecule has 1 unspecified atom stereocenters. The zero-order valence-electron chi connectivity index (χ0n) is 8.48. The van der Waals surface area contributed by atoms with Gasteiger partial charge in [0.2, 0.25) is 0 Å². The van der Waals surface area contributed by atoms with Gasteiger partial charge in [-0.05, 0) is 6.92 Å². The Balaban J connectivity index is 4.16. The van der Waals surface area contributed by atoms with Gasteiger partial charge in [0.05, 0.1) is 6.10 Å². The van der Waals surface area contributed by atoms with Crippen molar-refractivity contribution in [2.75, 3.05) is 0 Å². The summed E-state index contributed by atoms with van der Waals surface area (Å²) in [6, 6.07) is 0. The van der Waals surface area contributed by atoms with Crippen LogP contribution in [-0.2, 0) is 22.9 Å². The molecular weight excluding hydrogens is 204 g/mol. The molecule has 0 aliphatic heterocycles. The second-order valence-electron chi connectivity index (χ2n) is 2.58. The Morgan fingerprint density at radius 2 is 1.71 bits per heavy atom. The van der Waals surface area contributed by atoms with Crippen LogP contribution in [0.25, 0.3) is 0 Å². The molecule has 0 aliphatic carbocycles. The molecule has 0 fully saturated rings. The lowest BCUT2D eigenvalue weighted by Gasteiger charge is -2.16. The molecule has 0 amide bonds. The van der Waals surface area contributed by atoms with Crippen molar-refractivity contribution in [1.29, 1.82) is 0 Å². The van der Waals surface area contributed by atoms with E-state index in [1.54, 1.807) is 6.92 Å². The fourth-order valence-corrected chi connectivity index (χ4v) is 1.74. The van der Waals surface area contributed by atoms with E-state index in [4.69, 9.17) is 13.3 Å². The SMILES string of the molecule is C=CC(C)O[SiH](OC(C)=O)OC(C)=O. The number of hydrogen-bond acceptors (Lipinski definition) is 5. The predicted octanol–water partition coefficient (Wildman–Crippen LogP) is 0.421. The summed E-state index contributed by atoms with van der Waals surface area (Å²) in [5.74, 6) is -1.06. The van der Waals surface area contributed by atoms with Crippen molar-refractivity contribution in [3.63, 3.8) is 0 Å². The van der Waals surface area contributed by atoms with Gasteiger partial charge in [0, 0.05) is 13.8 Å². The summed E-state index contributed by atoms with van der Waals surface area (Å²) < 4.78 is 14.6. The van der Waals surface area contributed by atoms with E-state index in [-0.39, 0.29) is 6.10 Å². The molecule has 80 valence electrons. The highest BCUT2D eigenvalue weighted by atomic mass is 28.3. The number of carbonyl (C=O) groups excluding carboxylic acids is 2. The molecule has 0 N–H and O–H groups in total. The first-order chi connectivity index (χ1) is 6.45. The van der Waals surface area contributed by atoms with Gasteiger partial charge in [-0.2, -0.15) is 0 Å². The molecule has 0 heterocycles. The molecule has 1 atom stereocenters. The minimum absolute atomic E-state index is 0.314. The van der Waals surface area contributed by atoms with Crippen molar-refractivity contribution in [2.45, 2.75) is 26.9 Å². The third-order valence-electron chi connectivity index (χ3n) is 1.18. The van der Waals surface area contributed by atoms with Crippen LogP contribution in [0.5, 0.6) is 0 Å². The second kappa shape index (κ2) is 6.33. The van der Waals surface area contributed by atoms with Crippen LogP contribution >= 0.6 is 0 Å². The first-order valence-corrected chi connectivity index (χ1v) is 5.49. The molecule has 6 heteroatoms. The van der Waals surface area contributed by atoms with Crippen molar-refractivity contribution in [3.8, 4) is 0 Å². The summed E-state index contributed by atoms with van der Waals surface area (Å²) >= 11 is 0. The molecule has 14 heavy (non-hydrogen) atoms. The predicted molar refractivity (Wildman–Crippen MR) is 51.4 cm³/mol. The van der Waals surface area contributed by atoms with Gasteiger partial charge in [-0.3, -0.25) is 9.59 Å². The van der Waals surface area contributed by atoms with Crippen LogP contribution in [0.2, 0.25) is 0 Å². The van der Waals surface area contributed by atoms with Crippen LogP contribution in [0, 0.1) is 0 Å². The van der Waals surface area contributed by atoms with Crippen molar-refractivity contribution >= 4 is 21.5 Å². The van der Waals surface area contributed by atoms with E-state index in [9.17, 15) is 9.59 Å². The summed E-state index contributed by atoms with van der Waals surface area (Å²) in [6.07, 6.45) is 1.21. The van der Waals surface area contributed by atoms with E-state index in [1.807, 2.05) is 0 Å². The lowest BCUT2D eigenvalue weighted by molar-refractivity contribution is -0.141. The Morgan fingerprint density at radius 1 is 1.29 bits per heavy atom. The maximum atomic E-state index is 10.6. The Bertz CT molecular complexity index is 212. The molecule has 0 radical (unpaired) electrons. The molecule has 0 bridgehead atoms. The molecule has 5 nitrogen and oxygen atoms in total. The van der Waals surface area contributed by atoms with E-state index >= 15 is 0 Å². The summed E-state index contributed by atoms with van der Waals surface area (Å²) in [7, 11) is -2.70. The molecule has 0 aromatic rings.